The molecule has 2 heterocycles. The van der Waals surface area contributed by atoms with Crippen molar-refractivity contribution in [3.63, 3.8) is 0 Å². The van der Waals surface area contributed by atoms with Crippen LogP contribution in [0.5, 0.6) is 0 Å². The molecule has 150 valence electrons. The number of piperidine rings is 1. The summed E-state index contributed by atoms with van der Waals surface area (Å²) < 4.78 is 0. The molecule has 3 heteroatoms. The van der Waals surface area contributed by atoms with Gasteiger partial charge in [-0.3, -0.25) is 4.79 Å². The number of nitrogens with one attached hydrogen (secondary N) is 1. The summed E-state index contributed by atoms with van der Waals surface area (Å²) in [6.07, 6.45) is 7.64. The molecule has 1 amide bonds. The number of amides is 1. The smallest absolute Gasteiger partial charge is 0.253 e. The summed E-state index contributed by atoms with van der Waals surface area (Å²) in [5.74, 6) is 3.10. The Hall–Kier alpha value is -2.29. The third-order valence-electron chi connectivity index (χ3n) is 8.14. The Balaban J connectivity index is 1.38. The summed E-state index contributed by atoms with van der Waals surface area (Å²) in [4.78, 5) is 15.2. The van der Waals surface area contributed by atoms with Crippen LogP contribution in [-0.2, 0) is 0 Å². The SMILES string of the molecule is O=C(c1ccc2c(c1)[C@H]1[C@H]3CC[C@@H](C3)[C@H]1[C@H](c1ccccc1)N2)N1CCCCC1. The zero-order valence-corrected chi connectivity index (χ0v) is 17.0. The van der Waals surface area contributed by atoms with Gasteiger partial charge < -0.3 is 10.2 Å². The number of fused-ring (bicyclic) bond motifs is 7. The molecule has 0 unspecified atom stereocenters. The van der Waals surface area contributed by atoms with E-state index in [2.05, 4.69) is 58.7 Å². The summed E-state index contributed by atoms with van der Waals surface area (Å²) in [6, 6.07) is 17.9. The minimum absolute atomic E-state index is 0.234. The molecule has 3 fully saturated rings. The minimum Gasteiger partial charge on any atom is -0.378 e. The third kappa shape index (κ3) is 2.81. The predicted molar refractivity (Wildman–Crippen MR) is 116 cm³/mol. The Morgan fingerprint density at radius 1 is 0.931 bits per heavy atom. The van der Waals surface area contributed by atoms with Crippen molar-refractivity contribution < 1.29 is 4.79 Å². The van der Waals surface area contributed by atoms with Crippen molar-refractivity contribution in [2.24, 2.45) is 17.8 Å². The van der Waals surface area contributed by atoms with Crippen molar-refractivity contribution in [1.29, 1.82) is 0 Å². The number of carbonyl (C=O) groups excluding carboxylic acids is 1. The second-order valence-corrected chi connectivity index (χ2v) is 9.62. The van der Waals surface area contributed by atoms with Crippen molar-refractivity contribution >= 4 is 11.6 Å². The van der Waals surface area contributed by atoms with E-state index in [0.29, 0.717) is 17.9 Å². The molecule has 29 heavy (non-hydrogen) atoms. The van der Waals surface area contributed by atoms with Crippen LogP contribution in [-0.4, -0.2) is 23.9 Å². The molecule has 2 aromatic rings. The van der Waals surface area contributed by atoms with Crippen molar-refractivity contribution in [2.75, 3.05) is 18.4 Å². The molecule has 1 saturated heterocycles. The van der Waals surface area contributed by atoms with E-state index in [4.69, 9.17) is 0 Å². The first kappa shape index (κ1) is 17.6. The number of benzene rings is 2. The van der Waals surface area contributed by atoms with Gasteiger partial charge in [0.15, 0.2) is 0 Å². The van der Waals surface area contributed by atoms with Crippen LogP contribution < -0.4 is 5.32 Å². The second-order valence-electron chi connectivity index (χ2n) is 9.62. The van der Waals surface area contributed by atoms with Crippen molar-refractivity contribution in [3.8, 4) is 0 Å². The van der Waals surface area contributed by atoms with Gasteiger partial charge in [-0.2, -0.15) is 0 Å². The molecule has 2 bridgehead atoms. The van der Waals surface area contributed by atoms with E-state index >= 15 is 0 Å². The molecule has 5 atom stereocenters. The minimum atomic E-state index is 0.234. The van der Waals surface area contributed by atoms with Crippen molar-refractivity contribution in [1.82, 2.24) is 4.90 Å². The fourth-order valence-electron chi connectivity index (χ4n) is 6.89. The molecule has 1 N–H and O–H groups in total. The topological polar surface area (TPSA) is 32.3 Å². The summed E-state index contributed by atoms with van der Waals surface area (Å²) in [6.45, 7) is 1.84. The molecule has 2 aromatic carbocycles. The second kappa shape index (κ2) is 6.90. The Morgan fingerprint density at radius 2 is 1.72 bits per heavy atom. The molecule has 0 radical (unpaired) electrons. The van der Waals surface area contributed by atoms with Gasteiger partial charge in [0.2, 0.25) is 0 Å². The van der Waals surface area contributed by atoms with Crippen LogP contribution in [0.25, 0.3) is 0 Å². The molecule has 2 aliphatic carbocycles. The monoisotopic (exact) mass is 386 g/mol. The lowest BCUT2D eigenvalue weighted by Crippen LogP contribution is -2.37. The van der Waals surface area contributed by atoms with Crippen LogP contribution in [0.4, 0.5) is 5.69 Å². The Morgan fingerprint density at radius 3 is 2.55 bits per heavy atom. The Bertz CT molecular complexity index is 918. The lowest BCUT2D eigenvalue weighted by atomic mass is 9.68. The van der Waals surface area contributed by atoms with E-state index in [9.17, 15) is 4.79 Å². The van der Waals surface area contributed by atoms with E-state index in [1.54, 1.807) is 0 Å². The van der Waals surface area contributed by atoms with E-state index in [0.717, 1.165) is 43.3 Å². The fourth-order valence-corrected chi connectivity index (χ4v) is 6.89. The van der Waals surface area contributed by atoms with Crippen LogP contribution in [0.3, 0.4) is 0 Å². The average molecular weight is 387 g/mol. The van der Waals surface area contributed by atoms with Crippen LogP contribution in [0.15, 0.2) is 48.5 Å². The number of nitrogens with zero attached hydrogens (tertiary/aromatic N) is 1. The maximum atomic E-state index is 13.1. The van der Waals surface area contributed by atoms with Gasteiger partial charge in [0.05, 0.1) is 6.04 Å². The molecule has 6 rings (SSSR count). The highest BCUT2D eigenvalue weighted by Crippen LogP contribution is 2.63. The largest absolute Gasteiger partial charge is 0.378 e. The number of anilines is 1. The summed E-state index contributed by atoms with van der Waals surface area (Å²) in [5, 5.41) is 3.89. The first-order valence-corrected chi connectivity index (χ1v) is 11.5. The fraction of sp³-hybridized carbons (Fsp3) is 0.500. The zero-order chi connectivity index (χ0) is 19.4. The average Bonchev–Trinajstić information content (AvgIpc) is 3.42. The molecular weight excluding hydrogens is 356 g/mol. The third-order valence-corrected chi connectivity index (χ3v) is 8.14. The highest BCUT2D eigenvalue weighted by molar-refractivity contribution is 5.95. The molecular formula is C26H30N2O. The molecule has 2 saturated carbocycles. The van der Waals surface area contributed by atoms with Crippen LogP contribution in [0.1, 0.15) is 72.0 Å². The highest BCUT2D eigenvalue weighted by atomic mass is 16.2. The molecule has 2 aliphatic heterocycles. The number of likely N-dealkylation sites (tertiary alicyclic amines) is 1. The van der Waals surface area contributed by atoms with Gasteiger partial charge in [0.1, 0.15) is 0 Å². The van der Waals surface area contributed by atoms with Gasteiger partial charge in [0.25, 0.3) is 5.91 Å². The van der Waals surface area contributed by atoms with Gasteiger partial charge in [-0.15, -0.1) is 0 Å². The maximum absolute atomic E-state index is 13.1. The summed E-state index contributed by atoms with van der Waals surface area (Å²) >= 11 is 0. The first-order valence-electron chi connectivity index (χ1n) is 11.5. The highest BCUT2D eigenvalue weighted by Gasteiger charge is 2.53. The summed E-state index contributed by atoms with van der Waals surface area (Å²) in [5.41, 5.74) is 4.97. The van der Waals surface area contributed by atoms with Gasteiger partial charge >= 0.3 is 0 Å². The normalized spacial score (nSPS) is 32.4. The van der Waals surface area contributed by atoms with Crippen LogP contribution in [0, 0.1) is 17.8 Å². The van der Waals surface area contributed by atoms with Gasteiger partial charge in [-0.05, 0) is 91.5 Å². The lowest BCUT2D eigenvalue weighted by Gasteiger charge is -2.43. The predicted octanol–water partition coefficient (Wildman–Crippen LogP) is 5.61. The van der Waals surface area contributed by atoms with E-state index < -0.39 is 0 Å². The first-order chi connectivity index (χ1) is 14.3. The number of hydrogen-bond acceptors (Lipinski definition) is 2. The Kier molecular flexibility index (Phi) is 4.18. The Labute approximate surface area is 173 Å². The van der Waals surface area contributed by atoms with Crippen LogP contribution in [0.2, 0.25) is 0 Å². The number of carbonyl (C=O) groups is 1. The quantitative estimate of drug-likeness (QED) is 0.728. The molecule has 0 spiro atoms. The zero-order valence-electron chi connectivity index (χ0n) is 17.0. The van der Waals surface area contributed by atoms with E-state index in [-0.39, 0.29) is 5.91 Å². The van der Waals surface area contributed by atoms with E-state index in [1.165, 1.54) is 42.5 Å². The maximum Gasteiger partial charge on any atom is 0.253 e. The number of hydrogen-bond donors (Lipinski definition) is 1. The number of rotatable bonds is 2. The van der Waals surface area contributed by atoms with Gasteiger partial charge in [-0.1, -0.05) is 30.3 Å². The standard InChI is InChI=1S/C26H30N2O/c29-26(28-13-5-2-6-14-28)20-11-12-22-21(16-20)23-18-9-10-19(15-18)24(23)25(27-22)17-7-3-1-4-8-17/h1,3-4,7-8,11-12,16,18-19,23-25,27H,2,5-6,9-10,13-15H2/t18-,19-,23+,24+,25-/m0/s1. The molecule has 4 aliphatic rings. The van der Waals surface area contributed by atoms with Gasteiger partial charge in [0, 0.05) is 24.3 Å². The van der Waals surface area contributed by atoms with Crippen molar-refractivity contribution in [3.05, 3.63) is 65.2 Å². The van der Waals surface area contributed by atoms with Crippen molar-refractivity contribution in [2.45, 2.75) is 50.5 Å². The summed E-state index contributed by atoms with van der Waals surface area (Å²) in [7, 11) is 0. The molecule has 0 aromatic heterocycles. The van der Waals surface area contributed by atoms with Crippen LogP contribution >= 0.6 is 0 Å². The lowest BCUT2D eigenvalue weighted by molar-refractivity contribution is 0.0724. The van der Waals surface area contributed by atoms with E-state index in [1.807, 2.05) is 0 Å². The van der Waals surface area contributed by atoms with Gasteiger partial charge in [-0.25, -0.2) is 0 Å². The molecule has 3 nitrogen and oxygen atoms in total.